The van der Waals surface area contributed by atoms with Gasteiger partial charge in [0.2, 0.25) is 0 Å². The Kier molecular flexibility index (Phi) is 2.49. The minimum atomic E-state index is -4.26. The van der Waals surface area contributed by atoms with Crippen LogP contribution in [0.2, 0.25) is 0 Å². The van der Waals surface area contributed by atoms with E-state index in [1.807, 2.05) is 0 Å². The fourth-order valence-electron chi connectivity index (χ4n) is 0.844. The van der Waals surface area contributed by atoms with Crippen LogP contribution in [0.5, 0.6) is 0 Å². The van der Waals surface area contributed by atoms with Crippen molar-refractivity contribution >= 4 is 11.8 Å². The Balaban J connectivity index is 2.48. The molecule has 64 valence electrons. The summed E-state index contributed by atoms with van der Waals surface area (Å²) in [5.41, 5.74) is 4.97. The van der Waals surface area contributed by atoms with Crippen molar-refractivity contribution in [1.82, 2.24) is 0 Å². The van der Waals surface area contributed by atoms with Crippen molar-refractivity contribution in [2.75, 3.05) is 0 Å². The molecule has 0 bridgehead atoms. The van der Waals surface area contributed by atoms with E-state index in [9.17, 15) is 13.2 Å². The summed E-state index contributed by atoms with van der Waals surface area (Å²) < 4.78 is 35.8. The van der Waals surface area contributed by atoms with Crippen LogP contribution in [0.15, 0.2) is 11.5 Å². The van der Waals surface area contributed by atoms with E-state index in [2.05, 4.69) is 0 Å². The maximum absolute atomic E-state index is 11.9. The predicted molar refractivity (Wildman–Crippen MR) is 39.2 cm³/mol. The summed E-state index contributed by atoms with van der Waals surface area (Å²) in [6, 6.07) is -1.69. The molecule has 0 spiro atoms. The van der Waals surface area contributed by atoms with Gasteiger partial charge in [-0.05, 0) is 11.8 Å². The molecule has 2 N–H and O–H groups in total. The second-order valence-electron chi connectivity index (χ2n) is 2.35. The SMILES string of the molecule is NC(C1CC=CS1)C(F)(F)F. The van der Waals surface area contributed by atoms with Gasteiger partial charge in [-0.2, -0.15) is 13.2 Å². The molecule has 0 aromatic carbocycles. The van der Waals surface area contributed by atoms with Crippen molar-refractivity contribution in [2.45, 2.75) is 23.9 Å². The third-order valence-electron chi connectivity index (χ3n) is 1.50. The predicted octanol–water partition coefficient (Wildman–Crippen LogP) is 1.90. The zero-order valence-corrected chi connectivity index (χ0v) is 6.45. The molecule has 0 aromatic heterocycles. The van der Waals surface area contributed by atoms with Crippen LogP contribution in [0.25, 0.3) is 0 Å². The van der Waals surface area contributed by atoms with E-state index < -0.39 is 17.5 Å². The fraction of sp³-hybridized carbons (Fsp3) is 0.667. The molecule has 0 saturated heterocycles. The number of hydrogen-bond acceptors (Lipinski definition) is 2. The molecule has 1 rings (SSSR count). The first-order chi connectivity index (χ1) is 5.02. The summed E-state index contributed by atoms with van der Waals surface area (Å²) in [6.07, 6.45) is -2.13. The number of halogens is 3. The van der Waals surface area contributed by atoms with Gasteiger partial charge in [-0.1, -0.05) is 6.08 Å². The Bertz CT molecular complexity index is 158. The van der Waals surface area contributed by atoms with Gasteiger partial charge >= 0.3 is 6.18 Å². The lowest BCUT2D eigenvalue weighted by Crippen LogP contribution is -2.44. The van der Waals surface area contributed by atoms with E-state index in [-0.39, 0.29) is 0 Å². The largest absolute Gasteiger partial charge is 0.404 e. The summed E-state index contributed by atoms with van der Waals surface area (Å²) in [7, 11) is 0. The first-order valence-electron chi connectivity index (χ1n) is 3.14. The van der Waals surface area contributed by atoms with Crippen LogP contribution in [0.4, 0.5) is 13.2 Å². The highest BCUT2D eigenvalue weighted by atomic mass is 32.2. The third-order valence-corrected chi connectivity index (χ3v) is 2.68. The highest BCUT2D eigenvalue weighted by Crippen LogP contribution is 2.33. The average molecular weight is 183 g/mol. The topological polar surface area (TPSA) is 26.0 Å². The molecule has 1 aliphatic heterocycles. The van der Waals surface area contributed by atoms with E-state index in [0.29, 0.717) is 6.42 Å². The monoisotopic (exact) mass is 183 g/mol. The number of nitrogens with two attached hydrogens (primary N) is 1. The van der Waals surface area contributed by atoms with Crippen molar-refractivity contribution in [1.29, 1.82) is 0 Å². The molecule has 5 heteroatoms. The van der Waals surface area contributed by atoms with Gasteiger partial charge in [0.25, 0.3) is 0 Å². The number of thioether (sulfide) groups is 1. The minimum absolute atomic E-state index is 0.422. The fourth-order valence-corrected chi connectivity index (χ4v) is 1.81. The van der Waals surface area contributed by atoms with Gasteiger partial charge in [-0.3, -0.25) is 0 Å². The summed E-state index contributed by atoms with van der Waals surface area (Å²) >= 11 is 1.15. The molecule has 1 heterocycles. The van der Waals surface area contributed by atoms with E-state index in [4.69, 9.17) is 5.73 Å². The van der Waals surface area contributed by atoms with Gasteiger partial charge in [0.15, 0.2) is 0 Å². The number of hydrogen-bond donors (Lipinski definition) is 1. The van der Waals surface area contributed by atoms with Crippen molar-refractivity contribution in [3.8, 4) is 0 Å². The Morgan fingerprint density at radius 2 is 2.18 bits per heavy atom. The van der Waals surface area contributed by atoms with Crippen LogP contribution in [-0.4, -0.2) is 17.5 Å². The van der Waals surface area contributed by atoms with Crippen LogP contribution in [0, 0.1) is 0 Å². The summed E-state index contributed by atoms with van der Waals surface area (Å²) in [5, 5.41) is 1.14. The van der Waals surface area contributed by atoms with Crippen LogP contribution >= 0.6 is 11.8 Å². The van der Waals surface area contributed by atoms with Crippen LogP contribution < -0.4 is 5.73 Å². The lowest BCUT2D eigenvalue weighted by atomic mass is 10.1. The van der Waals surface area contributed by atoms with Crippen molar-refractivity contribution in [3.63, 3.8) is 0 Å². The van der Waals surface area contributed by atoms with Gasteiger partial charge in [0, 0.05) is 5.25 Å². The first-order valence-corrected chi connectivity index (χ1v) is 4.09. The molecule has 1 nitrogen and oxygen atoms in total. The van der Waals surface area contributed by atoms with Gasteiger partial charge in [0.05, 0.1) is 0 Å². The molecule has 0 aliphatic carbocycles. The number of allylic oxidation sites excluding steroid dienone is 1. The molecule has 1 aliphatic rings. The Morgan fingerprint density at radius 3 is 2.55 bits per heavy atom. The summed E-state index contributed by atoms with van der Waals surface area (Å²) in [4.78, 5) is 0. The molecule has 11 heavy (non-hydrogen) atoms. The zero-order valence-electron chi connectivity index (χ0n) is 5.64. The molecule has 2 unspecified atom stereocenters. The molecule has 0 amide bonds. The normalized spacial score (nSPS) is 27.5. The van der Waals surface area contributed by atoms with Crippen molar-refractivity contribution in [3.05, 3.63) is 11.5 Å². The summed E-state index contributed by atoms with van der Waals surface area (Å²) in [5.74, 6) is 0. The standard InChI is InChI=1S/C6H8F3NS/c7-6(8,9)5(10)4-2-1-3-11-4/h1,3-5H,2,10H2. The van der Waals surface area contributed by atoms with Gasteiger partial charge in [-0.25, -0.2) is 0 Å². The van der Waals surface area contributed by atoms with Crippen LogP contribution in [-0.2, 0) is 0 Å². The average Bonchev–Trinajstić information content (AvgIpc) is 2.34. The Hall–Kier alpha value is -0.160. The van der Waals surface area contributed by atoms with E-state index >= 15 is 0 Å². The third kappa shape index (κ3) is 2.13. The second-order valence-corrected chi connectivity index (χ2v) is 3.50. The molecular weight excluding hydrogens is 175 g/mol. The smallest absolute Gasteiger partial charge is 0.319 e. The van der Waals surface area contributed by atoms with Gasteiger partial charge in [0.1, 0.15) is 6.04 Å². The molecule has 2 atom stereocenters. The van der Waals surface area contributed by atoms with E-state index in [1.54, 1.807) is 11.5 Å². The maximum Gasteiger partial charge on any atom is 0.404 e. The molecule has 0 aromatic rings. The van der Waals surface area contributed by atoms with Crippen molar-refractivity contribution < 1.29 is 13.2 Å². The van der Waals surface area contributed by atoms with Gasteiger partial charge in [-0.15, -0.1) is 11.8 Å². The Labute approximate surface area is 66.8 Å². The molecule has 0 radical (unpaired) electrons. The Morgan fingerprint density at radius 1 is 1.55 bits per heavy atom. The summed E-state index contributed by atoms with van der Waals surface area (Å²) in [6.45, 7) is 0. The van der Waals surface area contributed by atoms with Crippen LogP contribution in [0.1, 0.15) is 6.42 Å². The first kappa shape index (κ1) is 8.93. The van der Waals surface area contributed by atoms with E-state index in [1.165, 1.54) is 0 Å². The quantitative estimate of drug-likeness (QED) is 0.671. The lowest BCUT2D eigenvalue weighted by Gasteiger charge is -2.20. The molecule has 0 fully saturated rings. The highest BCUT2D eigenvalue weighted by molar-refractivity contribution is 8.03. The molecule has 0 saturated carbocycles. The highest BCUT2D eigenvalue weighted by Gasteiger charge is 2.42. The van der Waals surface area contributed by atoms with Gasteiger partial charge < -0.3 is 5.73 Å². The van der Waals surface area contributed by atoms with E-state index in [0.717, 1.165) is 11.8 Å². The van der Waals surface area contributed by atoms with Crippen LogP contribution in [0.3, 0.4) is 0 Å². The zero-order chi connectivity index (χ0) is 8.48. The number of rotatable bonds is 1. The molecular formula is C6H8F3NS. The lowest BCUT2D eigenvalue weighted by molar-refractivity contribution is -0.147. The minimum Gasteiger partial charge on any atom is -0.319 e. The van der Waals surface area contributed by atoms with Crippen molar-refractivity contribution in [2.24, 2.45) is 5.73 Å². The maximum atomic E-state index is 11.9. The second kappa shape index (κ2) is 3.06. The number of alkyl halides is 3.